The highest BCUT2D eigenvalue weighted by Gasteiger charge is 2.27. The van der Waals surface area contributed by atoms with E-state index in [0.29, 0.717) is 5.69 Å². The zero-order valence-electron chi connectivity index (χ0n) is 13.9. The van der Waals surface area contributed by atoms with Gasteiger partial charge in [-0.15, -0.1) is 12.4 Å². The van der Waals surface area contributed by atoms with Gasteiger partial charge in [0, 0.05) is 18.4 Å². The summed E-state index contributed by atoms with van der Waals surface area (Å²) in [4.78, 5) is 12.3. The van der Waals surface area contributed by atoms with Gasteiger partial charge in [-0.3, -0.25) is 9.48 Å². The molecule has 1 fully saturated rings. The van der Waals surface area contributed by atoms with E-state index in [1.54, 1.807) is 23.0 Å². The molecule has 9 heteroatoms. The number of nitrogens with zero attached hydrogens (tertiary/aromatic N) is 2. The molecule has 0 spiro atoms. The highest BCUT2D eigenvalue weighted by Crippen LogP contribution is 2.23. The third-order valence-corrected chi connectivity index (χ3v) is 4.08. The minimum absolute atomic E-state index is 0. The molecule has 0 saturated carbocycles. The van der Waals surface area contributed by atoms with Gasteiger partial charge in [-0.2, -0.15) is 18.3 Å². The summed E-state index contributed by atoms with van der Waals surface area (Å²) in [5, 5.41) is 10.2. The average Bonchev–Trinajstić information content (AvgIpc) is 3.04. The van der Waals surface area contributed by atoms with Crippen LogP contribution in [0.15, 0.2) is 36.5 Å². The Hall–Kier alpha value is -2.06. The number of anilines is 1. The fourth-order valence-corrected chi connectivity index (χ4v) is 2.91. The van der Waals surface area contributed by atoms with Gasteiger partial charge in [0.15, 0.2) is 5.69 Å². The minimum atomic E-state index is -4.28. The SMILES string of the molecule is Cl.O=C(Nc1cccc(CC(F)(F)F)c1)c1ccn(C2CCCNC2)n1. The molecular formula is C17H20ClF3N4O. The van der Waals surface area contributed by atoms with E-state index in [-0.39, 0.29) is 29.7 Å². The molecule has 2 N–H and O–H groups in total. The van der Waals surface area contributed by atoms with Crippen LogP contribution in [-0.4, -0.2) is 35.0 Å². The summed E-state index contributed by atoms with van der Waals surface area (Å²) in [6.45, 7) is 1.79. The van der Waals surface area contributed by atoms with Crippen LogP contribution in [0.25, 0.3) is 0 Å². The molecule has 0 aliphatic carbocycles. The zero-order valence-corrected chi connectivity index (χ0v) is 14.7. The quantitative estimate of drug-likeness (QED) is 0.841. The molecule has 0 radical (unpaired) electrons. The van der Waals surface area contributed by atoms with Crippen LogP contribution in [0.5, 0.6) is 0 Å². The number of piperidine rings is 1. The van der Waals surface area contributed by atoms with Crippen LogP contribution in [-0.2, 0) is 6.42 Å². The van der Waals surface area contributed by atoms with Gasteiger partial charge in [0.25, 0.3) is 5.91 Å². The lowest BCUT2D eigenvalue weighted by atomic mass is 10.1. The molecule has 1 aliphatic rings. The topological polar surface area (TPSA) is 59.0 Å². The number of nitrogens with one attached hydrogen (secondary N) is 2. The van der Waals surface area contributed by atoms with Crippen LogP contribution in [0.4, 0.5) is 18.9 Å². The van der Waals surface area contributed by atoms with Crippen molar-refractivity contribution in [3.05, 3.63) is 47.8 Å². The van der Waals surface area contributed by atoms with E-state index in [2.05, 4.69) is 15.7 Å². The average molecular weight is 389 g/mol. The van der Waals surface area contributed by atoms with Crippen LogP contribution in [0.1, 0.15) is 34.9 Å². The number of rotatable bonds is 4. The molecular weight excluding hydrogens is 369 g/mol. The van der Waals surface area contributed by atoms with E-state index < -0.39 is 18.5 Å². The van der Waals surface area contributed by atoms with Gasteiger partial charge >= 0.3 is 6.18 Å². The lowest BCUT2D eigenvalue weighted by Gasteiger charge is -2.22. The first-order valence-electron chi connectivity index (χ1n) is 8.14. The smallest absolute Gasteiger partial charge is 0.321 e. The Balaban J connectivity index is 0.00000243. The van der Waals surface area contributed by atoms with Crippen molar-refractivity contribution >= 4 is 24.0 Å². The van der Waals surface area contributed by atoms with Gasteiger partial charge in [-0.05, 0) is 43.1 Å². The van der Waals surface area contributed by atoms with E-state index >= 15 is 0 Å². The molecule has 1 aromatic heterocycles. The van der Waals surface area contributed by atoms with Gasteiger partial charge in [-0.25, -0.2) is 0 Å². The molecule has 1 aliphatic heterocycles. The molecule has 1 atom stereocenters. The molecule has 3 rings (SSSR count). The van der Waals surface area contributed by atoms with Gasteiger partial charge in [0.1, 0.15) is 0 Å². The van der Waals surface area contributed by atoms with Crippen molar-refractivity contribution in [3.8, 4) is 0 Å². The predicted molar refractivity (Wildman–Crippen MR) is 94.8 cm³/mol. The number of amides is 1. The summed E-state index contributed by atoms with van der Waals surface area (Å²) in [5.74, 6) is -0.438. The largest absolute Gasteiger partial charge is 0.393 e. The number of alkyl halides is 3. The Morgan fingerprint density at radius 3 is 2.85 bits per heavy atom. The van der Waals surface area contributed by atoms with Gasteiger partial charge in [0.05, 0.1) is 12.5 Å². The summed E-state index contributed by atoms with van der Waals surface area (Å²) in [6, 6.07) is 7.58. The van der Waals surface area contributed by atoms with Crippen LogP contribution < -0.4 is 10.6 Å². The number of hydrogen-bond donors (Lipinski definition) is 2. The summed E-state index contributed by atoms with van der Waals surface area (Å²) >= 11 is 0. The highest BCUT2D eigenvalue weighted by molar-refractivity contribution is 6.02. The van der Waals surface area contributed by atoms with Gasteiger partial charge in [-0.1, -0.05) is 12.1 Å². The Morgan fingerprint density at radius 2 is 2.15 bits per heavy atom. The third kappa shape index (κ3) is 5.47. The number of benzene rings is 1. The standard InChI is InChI=1S/C17H19F3N4O.ClH/c18-17(19,20)10-12-3-1-4-13(9-12)22-16(25)15-6-8-24(23-15)14-5-2-7-21-11-14;/h1,3-4,6,8-9,14,21H,2,5,7,10-11H2,(H,22,25);1H. The second kappa shape index (κ2) is 8.55. The minimum Gasteiger partial charge on any atom is -0.321 e. The molecule has 1 unspecified atom stereocenters. The van der Waals surface area contributed by atoms with Gasteiger partial charge in [0.2, 0.25) is 0 Å². The van der Waals surface area contributed by atoms with E-state index in [1.807, 2.05) is 0 Å². The first-order chi connectivity index (χ1) is 11.9. The second-order valence-electron chi connectivity index (χ2n) is 6.13. The Labute approximate surface area is 155 Å². The zero-order chi connectivity index (χ0) is 17.9. The maximum Gasteiger partial charge on any atom is 0.393 e. The van der Waals surface area contributed by atoms with E-state index in [0.717, 1.165) is 25.9 Å². The normalized spacial score (nSPS) is 17.4. The summed E-state index contributed by atoms with van der Waals surface area (Å²) < 4.78 is 39.2. The van der Waals surface area contributed by atoms with Crippen molar-refractivity contribution in [2.45, 2.75) is 31.5 Å². The molecule has 1 amide bonds. The molecule has 1 aromatic carbocycles. The Morgan fingerprint density at radius 1 is 1.35 bits per heavy atom. The predicted octanol–water partition coefficient (Wildman–Crippen LogP) is 3.59. The maximum absolute atomic E-state index is 12.5. The Bertz CT molecular complexity index is 742. The van der Waals surface area contributed by atoms with Gasteiger partial charge < -0.3 is 10.6 Å². The third-order valence-electron chi connectivity index (χ3n) is 4.08. The van der Waals surface area contributed by atoms with Crippen LogP contribution in [0.2, 0.25) is 0 Å². The molecule has 2 heterocycles. The summed E-state index contributed by atoms with van der Waals surface area (Å²) in [7, 11) is 0. The molecule has 1 saturated heterocycles. The van der Waals surface area contributed by atoms with Crippen molar-refractivity contribution in [1.29, 1.82) is 0 Å². The fraction of sp³-hybridized carbons (Fsp3) is 0.412. The lowest BCUT2D eigenvalue weighted by Crippen LogP contribution is -2.32. The van der Waals surface area contributed by atoms with E-state index in [1.165, 1.54) is 18.2 Å². The van der Waals surface area contributed by atoms with E-state index in [4.69, 9.17) is 0 Å². The first-order valence-corrected chi connectivity index (χ1v) is 8.14. The number of halogens is 4. The molecule has 26 heavy (non-hydrogen) atoms. The Kier molecular flexibility index (Phi) is 6.66. The number of carbonyl (C=O) groups excluding carboxylic acids is 1. The molecule has 142 valence electrons. The van der Waals surface area contributed by atoms with Crippen molar-refractivity contribution in [2.24, 2.45) is 0 Å². The molecule has 0 bridgehead atoms. The van der Waals surface area contributed by atoms with Crippen molar-refractivity contribution in [3.63, 3.8) is 0 Å². The van der Waals surface area contributed by atoms with Crippen molar-refractivity contribution in [1.82, 2.24) is 15.1 Å². The lowest BCUT2D eigenvalue weighted by molar-refractivity contribution is -0.127. The van der Waals surface area contributed by atoms with Crippen molar-refractivity contribution < 1.29 is 18.0 Å². The number of hydrogen-bond acceptors (Lipinski definition) is 3. The van der Waals surface area contributed by atoms with E-state index in [9.17, 15) is 18.0 Å². The van der Waals surface area contributed by atoms with Crippen LogP contribution in [0.3, 0.4) is 0 Å². The van der Waals surface area contributed by atoms with Crippen LogP contribution >= 0.6 is 12.4 Å². The number of aromatic nitrogens is 2. The van der Waals surface area contributed by atoms with Crippen molar-refractivity contribution in [2.75, 3.05) is 18.4 Å². The highest BCUT2D eigenvalue weighted by atomic mass is 35.5. The fourth-order valence-electron chi connectivity index (χ4n) is 2.91. The summed E-state index contributed by atoms with van der Waals surface area (Å²) in [6.07, 6.45) is -1.50. The van der Waals surface area contributed by atoms with Crippen LogP contribution in [0, 0.1) is 0 Å². The first kappa shape index (κ1) is 20.3. The summed E-state index contributed by atoms with van der Waals surface area (Å²) in [5.41, 5.74) is 0.663. The number of carbonyl (C=O) groups is 1. The monoisotopic (exact) mass is 388 g/mol. The molecule has 5 nitrogen and oxygen atoms in total. The molecule has 2 aromatic rings. The second-order valence-corrected chi connectivity index (χ2v) is 6.13. The maximum atomic E-state index is 12.5.